The summed E-state index contributed by atoms with van der Waals surface area (Å²) in [6, 6.07) is 45.0. The zero-order valence-corrected chi connectivity index (χ0v) is 17.6. The predicted octanol–water partition coefficient (Wildman–Crippen LogP) is 3.92. The van der Waals surface area contributed by atoms with Gasteiger partial charge >= 0.3 is 0 Å². The fraction of sp³-hybridized carbons (Fsp3) is 0. The summed E-state index contributed by atoms with van der Waals surface area (Å²) in [5, 5.41) is 17.5. The van der Waals surface area contributed by atoms with Crippen LogP contribution in [0.2, 0.25) is 0 Å². The SMILES string of the molecule is Oc1ccc2cc([Si](c3ccccc3)(c3ccccc3)c3ccccc3)ccc2c1. The highest BCUT2D eigenvalue weighted by Gasteiger charge is 2.41. The normalized spacial score (nSPS) is 11.5. The van der Waals surface area contributed by atoms with E-state index in [0.717, 1.165) is 10.8 Å². The Bertz CT molecular complexity index is 1190. The van der Waals surface area contributed by atoms with E-state index in [2.05, 4.69) is 109 Å². The Hall–Kier alpha value is -3.62. The smallest absolute Gasteiger partial charge is 0.179 e. The molecule has 0 radical (unpaired) electrons. The molecule has 1 nitrogen and oxygen atoms in total. The number of benzene rings is 5. The minimum Gasteiger partial charge on any atom is -0.508 e. The van der Waals surface area contributed by atoms with E-state index < -0.39 is 8.07 Å². The molecule has 0 aliphatic heterocycles. The van der Waals surface area contributed by atoms with Gasteiger partial charge in [0.05, 0.1) is 0 Å². The second-order valence-electron chi connectivity index (χ2n) is 7.59. The maximum atomic E-state index is 9.90. The van der Waals surface area contributed by atoms with Crippen molar-refractivity contribution in [2.75, 3.05) is 0 Å². The number of aromatic hydroxyl groups is 1. The van der Waals surface area contributed by atoms with E-state index in [0.29, 0.717) is 5.75 Å². The molecule has 0 saturated carbocycles. The van der Waals surface area contributed by atoms with Crippen LogP contribution in [0.15, 0.2) is 127 Å². The largest absolute Gasteiger partial charge is 0.508 e. The predicted molar refractivity (Wildman–Crippen MR) is 129 cm³/mol. The summed E-state index contributed by atoms with van der Waals surface area (Å²) in [5.41, 5.74) is 0. The van der Waals surface area contributed by atoms with Crippen LogP contribution in [-0.4, -0.2) is 13.2 Å². The molecule has 0 aromatic heterocycles. The average Bonchev–Trinajstić information content (AvgIpc) is 2.82. The Balaban J connectivity index is 1.90. The highest BCUT2D eigenvalue weighted by atomic mass is 28.3. The zero-order chi connectivity index (χ0) is 20.4. The summed E-state index contributed by atoms with van der Waals surface area (Å²) in [4.78, 5) is 0. The Labute approximate surface area is 177 Å². The topological polar surface area (TPSA) is 20.2 Å². The van der Waals surface area contributed by atoms with Crippen LogP contribution in [0.5, 0.6) is 5.75 Å². The van der Waals surface area contributed by atoms with Crippen LogP contribution >= 0.6 is 0 Å². The molecule has 0 fully saturated rings. The van der Waals surface area contributed by atoms with Gasteiger partial charge in [0.2, 0.25) is 0 Å². The van der Waals surface area contributed by atoms with Crippen molar-refractivity contribution >= 4 is 39.6 Å². The van der Waals surface area contributed by atoms with Crippen molar-refractivity contribution in [3.05, 3.63) is 127 Å². The minimum absolute atomic E-state index is 0.299. The maximum absolute atomic E-state index is 9.90. The van der Waals surface area contributed by atoms with E-state index in [4.69, 9.17) is 0 Å². The Morgan fingerprint density at radius 2 is 0.833 bits per heavy atom. The number of fused-ring (bicyclic) bond motifs is 1. The van der Waals surface area contributed by atoms with Crippen molar-refractivity contribution in [2.24, 2.45) is 0 Å². The Morgan fingerprint density at radius 3 is 1.33 bits per heavy atom. The molecule has 5 rings (SSSR count). The van der Waals surface area contributed by atoms with E-state index >= 15 is 0 Å². The minimum atomic E-state index is -2.49. The van der Waals surface area contributed by atoms with Gasteiger partial charge in [-0.1, -0.05) is 115 Å². The first-order valence-corrected chi connectivity index (χ1v) is 12.2. The lowest BCUT2D eigenvalue weighted by molar-refractivity contribution is 0.476. The van der Waals surface area contributed by atoms with Crippen molar-refractivity contribution in [2.45, 2.75) is 0 Å². The van der Waals surface area contributed by atoms with Crippen LogP contribution in [0, 0.1) is 0 Å². The number of phenols is 1. The molecule has 2 heteroatoms. The molecule has 0 spiro atoms. The van der Waals surface area contributed by atoms with Gasteiger partial charge in [0, 0.05) is 0 Å². The summed E-state index contributed by atoms with van der Waals surface area (Å²) in [7, 11) is -2.49. The van der Waals surface area contributed by atoms with Crippen LogP contribution < -0.4 is 20.7 Å². The van der Waals surface area contributed by atoms with E-state index in [-0.39, 0.29) is 0 Å². The first kappa shape index (κ1) is 18.4. The lowest BCUT2D eigenvalue weighted by atomic mass is 10.1. The van der Waals surface area contributed by atoms with Crippen molar-refractivity contribution in [3.8, 4) is 5.75 Å². The standard InChI is InChI=1S/C28H22OSi/c29-24-18-16-23-21-28(19-17-22(23)20-24)30(25-10-4-1-5-11-25,26-12-6-2-7-13-26)27-14-8-3-9-15-27/h1-21,29H. The van der Waals surface area contributed by atoms with Crippen molar-refractivity contribution in [1.29, 1.82) is 0 Å². The molecule has 1 N–H and O–H groups in total. The van der Waals surface area contributed by atoms with Gasteiger partial charge in [0.15, 0.2) is 8.07 Å². The quantitative estimate of drug-likeness (QED) is 0.357. The number of rotatable bonds is 4. The van der Waals surface area contributed by atoms with Crippen LogP contribution in [0.25, 0.3) is 10.8 Å². The summed E-state index contributed by atoms with van der Waals surface area (Å²) in [5.74, 6) is 0.299. The second-order valence-corrected chi connectivity index (χ2v) is 11.4. The monoisotopic (exact) mass is 402 g/mol. The van der Waals surface area contributed by atoms with E-state index in [1.54, 1.807) is 6.07 Å². The van der Waals surface area contributed by atoms with Gasteiger partial charge in [-0.05, 0) is 43.7 Å². The fourth-order valence-corrected chi connectivity index (χ4v) is 9.31. The molecule has 0 atom stereocenters. The molecule has 0 saturated heterocycles. The maximum Gasteiger partial charge on any atom is 0.179 e. The van der Waals surface area contributed by atoms with Crippen LogP contribution in [-0.2, 0) is 0 Å². The van der Waals surface area contributed by atoms with Crippen molar-refractivity contribution in [3.63, 3.8) is 0 Å². The van der Waals surface area contributed by atoms with Crippen LogP contribution in [0.4, 0.5) is 0 Å². The third-order valence-corrected chi connectivity index (χ3v) is 10.7. The van der Waals surface area contributed by atoms with Gasteiger partial charge in [-0.3, -0.25) is 0 Å². The number of hydrogen-bond donors (Lipinski definition) is 1. The van der Waals surface area contributed by atoms with E-state index in [1.165, 1.54) is 20.7 Å². The van der Waals surface area contributed by atoms with Crippen LogP contribution in [0.3, 0.4) is 0 Å². The summed E-state index contributed by atoms with van der Waals surface area (Å²) >= 11 is 0. The molecule has 30 heavy (non-hydrogen) atoms. The molecule has 0 amide bonds. The highest BCUT2D eigenvalue weighted by Crippen LogP contribution is 2.20. The highest BCUT2D eigenvalue weighted by molar-refractivity contribution is 7.19. The molecule has 5 aromatic carbocycles. The van der Waals surface area contributed by atoms with E-state index in [1.807, 2.05) is 12.1 Å². The molecule has 0 heterocycles. The average molecular weight is 403 g/mol. The third kappa shape index (κ3) is 3.02. The van der Waals surface area contributed by atoms with Crippen LogP contribution in [0.1, 0.15) is 0 Å². The molecule has 0 aliphatic carbocycles. The number of phenolic OH excluding ortho intramolecular Hbond substituents is 1. The van der Waals surface area contributed by atoms with Gasteiger partial charge in [0.25, 0.3) is 0 Å². The third-order valence-electron chi connectivity index (χ3n) is 5.88. The summed E-state index contributed by atoms with van der Waals surface area (Å²) in [6.45, 7) is 0. The first-order valence-electron chi connectivity index (χ1n) is 10.2. The lowest BCUT2D eigenvalue weighted by Crippen LogP contribution is -2.74. The van der Waals surface area contributed by atoms with E-state index in [9.17, 15) is 5.11 Å². The van der Waals surface area contributed by atoms with Gasteiger partial charge in [-0.15, -0.1) is 0 Å². The zero-order valence-electron chi connectivity index (χ0n) is 16.6. The van der Waals surface area contributed by atoms with Gasteiger partial charge in [-0.25, -0.2) is 0 Å². The summed E-state index contributed by atoms with van der Waals surface area (Å²) in [6.07, 6.45) is 0. The summed E-state index contributed by atoms with van der Waals surface area (Å²) < 4.78 is 0. The Morgan fingerprint density at radius 1 is 0.400 bits per heavy atom. The second kappa shape index (κ2) is 7.66. The van der Waals surface area contributed by atoms with Gasteiger partial charge in [-0.2, -0.15) is 0 Å². The van der Waals surface area contributed by atoms with Crippen molar-refractivity contribution in [1.82, 2.24) is 0 Å². The molecular formula is C28H22OSi. The number of hydrogen-bond acceptors (Lipinski definition) is 1. The lowest BCUT2D eigenvalue weighted by Gasteiger charge is -2.34. The first-order chi connectivity index (χ1) is 14.8. The fourth-order valence-electron chi connectivity index (χ4n) is 4.53. The molecule has 0 bridgehead atoms. The molecule has 5 aromatic rings. The van der Waals surface area contributed by atoms with Gasteiger partial charge in [0.1, 0.15) is 5.75 Å². The molecule has 0 aliphatic rings. The van der Waals surface area contributed by atoms with Crippen molar-refractivity contribution < 1.29 is 5.11 Å². The molecule has 0 unspecified atom stereocenters. The molecule has 144 valence electrons. The Kier molecular flexibility index (Phi) is 4.70. The van der Waals surface area contributed by atoms with Gasteiger partial charge < -0.3 is 5.11 Å². The molecular weight excluding hydrogens is 380 g/mol.